The van der Waals surface area contributed by atoms with Crippen LogP contribution in [0.4, 0.5) is 14.5 Å². The van der Waals surface area contributed by atoms with Crippen molar-refractivity contribution in [3.63, 3.8) is 0 Å². The van der Waals surface area contributed by atoms with Crippen molar-refractivity contribution < 1.29 is 23.2 Å². The van der Waals surface area contributed by atoms with Crippen molar-refractivity contribution in [3.05, 3.63) is 28.3 Å². The highest BCUT2D eigenvalue weighted by Gasteiger charge is 2.45. The van der Waals surface area contributed by atoms with Crippen LogP contribution in [0.1, 0.15) is 75.7 Å². The number of alkyl halides is 2. The van der Waals surface area contributed by atoms with Gasteiger partial charge in [-0.2, -0.15) is 8.78 Å². The van der Waals surface area contributed by atoms with Gasteiger partial charge >= 0.3 is 6.43 Å². The molecular weight excluding hydrogens is 452 g/mol. The highest BCUT2D eigenvalue weighted by molar-refractivity contribution is 6.34. The third-order valence-corrected chi connectivity index (χ3v) is 6.96. The number of amides is 3. The Bertz CT molecular complexity index is 930. The number of nitrogens with zero attached hydrogens (tertiary/aromatic N) is 2. The topological polar surface area (TPSA) is 69.7 Å². The fraction of sp³-hybridized carbons (Fsp3) is 0.625. The molecule has 0 aromatic heterocycles. The molecule has 1 aliphatic carbocycles. The lowest BCUT2D eigenvalue weighted by Crippen LogP contribution is -2.46. The highest BCUT2D eigenvalue weighted by atomic mass is 35.5. The van der Waals surface area contributed by atoms with Gasteiger partial charge in [0, 0.05) is 30.9 Å². The van der Waals surface area contributed by atoms with Crippen LogP contribution in [0.15, 0.2) is 12.1 Å². The van der Waals surface area contributed by atoms with E-state index in [1.165, 1.54) is 11.3 Å². The molecule has 0 atom stereocenters. The van der Waals surface area contributed by atoms with E-state index in [1.807, 2.05) is 18.7 Å². The Balaban J connectivity index is 1.93. The number of halogens is 3. The van der Waals surface area contributed by atoms with Crippen LogP contribution >= 0.6 is 11.6 Å². The molecule has 9 heteroatoms. The molecule has 0 bridgehead atoms. The Labute approximate surface area is 198 Å². The Morgan fingerprint density at radius 2 is 1.85 bits per heavy atom. The molecule has 1 fully saturated rings. The number of carbonyl (C=O) groups excluding carboxylic acids is 3. The third kappa shape index (κ3) is 5.00. The van der Waals surface area contributed by atoms with E-state index in [-0.39, 0.29) is 42.0 Å². The van der Waals surface area contributed by atoms with Crippen molar-refractivity contribution in [2.24, 2.45) is 0 Å². The Kier molecular flexibility index (Phi) is 7.66. The van der Waals surface area contributed by atoms with Crippen molar-refractivity contribution in [2.45, 2.75) is 83.7 Å². The molecular formula is C24H32ClF2N3O3. The smallest absolute Gasteiger partial charge is 0.315 e. The normalized spacial score (nSPS) is 18.1. The van der Waals surface area contributed by atoms with Crippen molar-refractivity contribution in [2.75, 3.05) is 18.0 Å². The number of anilines is 1. The second kappa shape index (κ2) is 9.95. The van der Waals surface area contributed by atoms with Crippen LogP contribution in [-0.2, 0) is 15.0 Å². The van der Waals surface area contributed by atoms with E-state index in [0.29, 0.717) is 16.8 Å². The van der Waals surface area contributed by atoms with Gasteiger partial charge in [0.15, 0.2) is 0 Å². The molecule has 0 radical (unpaired) electrons. The summed E-state index contributed by atoms with van der Waals surface area (Å²) in [5.41, 5.74) is 0.621. The van der Waals surface area contributed by atoms with Gasteiger partial charge in [-0.3, -0.25) is 14.4 Å². The molecule has 1 aliphatic heterocycles. The van der Waals surface area contributed by atoms with E-state index in [9.17, 15) is 23.2 Å². The number of carbonyl (C=O) groups is 3. The van der Waals surface area contributed by atoms with E-state index >= 15 is 0 Å². The number of benzene rings is 1. The summed E-state index contributed by atoms with van der Waals surface area (Å²) in [6.45, 7) is 7.37. The molecule has 33 heavy (non-hydrogen) atoms. The van der Waals surface area contributed by atoms with Gasteiger partial charge in [0.2, 0.25) is 5.91 Å². The minimum atomic E-state index is -3.12. The Hall–Kier alpha value is -2.22. The van der Waals surface area contributed by atoms with Crippen LogP contribution in [0.5, 0.6) is 0 Å². The van der Waals surface area contributed by atoms with E-state index in [1.54, 1.807) is 26.0 Å². The molecule has 2 aliphatic rings. The lowest BCUT2D eigenvalue weighted by molar-refractivity contribution is -0.131. The minimum absolute atomic E-state index is 0.0105. The van der Waals surface area contributed by atoms with E-state index in [2.05, 4.69) is 5.32 Å². The first-order valence-electron chi connectivity index (χ1n) is 11.5. The third-order valence-electron chi connectivity index (χ3n) is 6.65. The molecule has 1 aromatic carbocycles. The Morgan fingerprint density at radius 1 is 1.21 bits per heavy atom. The van der Waals surface area contributed by atoms with Gasteiger partial charge < -0.3 is 15.1 Å². The molecule has 6 nitrogen and oxygen atoms in total. The van der Waals surface area contributed by atoms with Gasteiger partial charge in [-0.15, -0.1) is 0 Å². The van der Waals surface area contributed by atoms with Crippen LogP contribution in [0.3, 0.4) is 0 Å². The largest absolute Gasteiger partial charge is 0.349 e. The monoisotopic (exact) mass is 483 g/mol. The average molecular weight is 484 g/mol. The second-order valence-electron chi connectivity index (χ2n) is 9.62. The summed E-state index contributed by atoms with van der Waals surface area (Å²) >= 11 is 6.58. The number of nitrogens with one attached hydrogen (secondary N) is 1. The SMILES string of the molecule is CC(C)N(C(=O)c1cc2c(cc1Cl)C(C)(C)C(=O)N2CCNC(=O)C(F)F)C1CCCCC1. The summed E-state index contributed by atoms with van der Waals surface area (Å²) in [7, 11) is 0. The molecule has 1 saturated carbocycles. The lowest BCUT2D eigenvalue weighted by atomic mass is 9.85. The molecule has 182 valence electrons. The standard InChI is InChI=1S/C24H32ClF2N3O3/c1-14(2)30(15-8-6-5-7-9-15)22(32)16-12-19-17(13-18(16)25)24(3,4)23(33)29(19)11-10-28-21(31)20(26)27/h12-15,20H,5-11H2,1-4H3,(H,28,31). The van der Waals surface area contributed by atoms with E-state index < -0.39 is 17.7 Å². The maximum atomic E-state index is 13.6. The molecule has 1 aromatic rings. The minimum Gasteiger partial charge on any atom is -0.349 e. The highest BCUT2D eigenvalue weighted by Crippen LogP contribution is 2.44. The first kappa shape index (κ1) is 25.4. The van der Waals surface area contributed by atoms with Crippen LogP contribution in [0, 0.1) is 0 Å². The molecule has 1 heterocycles. The van der Waals surface area contributed by atoms with Crippen molar-refractivity contribution >= 4 is 35.0 Å². The van der Waals surface area contributed by atoms with E-state index in [4.69, 9.17) is 11.6 Å². The maximum Gasteiger partial charge on any atom is 0.315 e. The summed E-state index contributed by atoms with van der Waals surface area (Å²) in [6.07, 6.45) is 2.12. The van der Waals surface area contributed by atoms with Gasteiger partial charge in [-0.05, 0) is 58.2 Å². The van der Waals surface area contributed by atoms with Gasteiger partial charge in [-0.25, -0.2) is 0 Å². The van der Waals surface area contributed by atoms with Gasteiger partial charge in [0.1, 0.15) is 0 Å². The van der Waals surface area contributed by atoms with Crippen LogP contribution < -0.4 is 10.2 Å². The summed E-state index contributed by atoms with van der Waals surface area (Å²) in [5, 5.41) is 2.41. The summed E-state index contributed by atoms with van der Waals surface area (Å²) in [6, 6.07) is 3.44. The zero-order valence-electron chi connectivity index (χ0n) is 19.6. The van der Waals surface area contributed by atoms with Crippen molar-refractivity contribution in [1.82, 2.24) is 10.2 Å². The Morgan fingerprint density at radius 3 is 2.42 bits per heavy atom. The van der Waals surface area contributed by atoms with Crippen molar-refractivity contribution in [1.29, 1.82) is 0 Å². The fourth-order valence-electron chi connectivity index (χ4n) is 4.92. The van der Waals surface area contributed by atoms with Gasteiger partial charge in [-0.1, -0.05) is 30.9 Å². The summed E-state index contributed by atoms with van der Waals surface area (Å²) < 4.78 is 25.0. The average Bonchev–Trinajstić information content (AvgIpc) is 2.93. The van der Waals surface area contributed by atoms with Crippen molar-refractivity contribution in [3.8, 4) is 0 Å². The van der Waals surface area contributed by atoms with Crippen LogP contribution in [0.25, 0.3) is 0 Å². The first-order valence-corrected chi connectivity index (χ1v) is 11.9. The molecule has 3 amide bonds. The summed E-state index contributed by atoms with van der Waals surface area (Å²) in [4.78, 5) is 41.3. The molecule has 0 saturated heterocycles. The van der Waals surface area contributed by atoms with Gasteiger partial charge in [0.25, 0.3) is 11.8 Å². The quantitative estimate of drug-likeness (QED) is 0.619. The fourth-order valence-corrected chi connectivity index (χ4v) is 5.17. The number of hydrogen-bond acceptors (Lipinski definition) is 3. The zero-order chi connectivity index (χ0) is 24.5. The van der Waals surface area contributed by atoms with Gasteiger partial charge in [0.05, 0.1) is 16.0 Å². The molecule has 3 rings (SSSR count). The number of rotatable bonds is 7. The predicted molar refractivity (Wildman–Crippen MR) is 124 cm³/mol. The zero-order valence-corrected chi connectivity index (χ0v) is 20.3. The second-order valence-corrected chi connectivity index (χ2v) is 10.0. The first-order chi connectivity index (χ1) is 15.5. The predicted octanol–water partition coefficient (Wildman–Crippen LogP) is 4.53. The summed E-state index contributed by atoms with van der Waals surface area (Å²) in [5.74, 6) is -1.79. The molecule has 1 N–H and O–H groups in total. The molecule has 0 spiro atoms. The van der Waals surface area contributed by atoms with E-state index in [0.717, 1.165) is 25.7 Å². The van der Waals surface area contributed by atoms with Crippen LogP contribution in [-0.4, -0.2) is 54.2 Å². The molecule has 0 unspecified atom stereocenters. The maximum absolute atomic E-state index is 13.6. The lowest BCUT2D eigenvalue weighted by Gasteiger charge is -2.37. The van der Waals surface area contributed by atoms with Crippen LogP contribution in [0.2, 0.25) is 5.02 Å². The number of hydrogen-bond donors (Lipinski definition) is 1. The number of fused-ring (bicyclic) bond motifs is 1.